The number of unbranched alkanes of at least 4 members (excludes halogenated alkanes) is 7. The number of rotatable bonds is 30. The highest BCUT2D eigenvalue weighted by Crippen LogP contribution is 2.61. The molecule has 0 saturated carbocycles. The topological polar surface area (TPSA) is 384 Å². The molecule has 2 aromatic heterocycles. The largest absolute Gasteiger partial charge is 0.481 e. The van der Waals surface area contributed by atoms with Gasteiger partial charge in [0.25, 0.3) is 0 Å². The van der Waals surface area contributed by atoms with E-state index in [1.807, 2.05) is 0 Å². The molecule has 1 aliphatic heterocycles. The van der Waals surface area contributed by atoms with Gasteiger partial charge in [-0.2, -0.15) is 4.31 Å². The number of amides is 2. The molecule has 3 rings (SSSR count). The van der Waals surface area contributed by atoms with E-state index in [0.717, 1.165) is 48.2 Å². The number of hydrogen-bond acceptors (Lipinski definition) is 19. The van der Waals surface area contributed by atoms with Crippen LogP contribution in [0, 0.1) is 5.41 Å². The number of fused-ring (bicyclic) bond motifs is 1. The molecule has 2 amide bonds. The summed E-state index contributed by atoms with van der Waals surface area (Å²) in [5, 5.41) is 36.3. The number of thioether (sulfide) groups is 1. The number of aliphatic hydroxyl groups excluding tert-OH is 3. The molecular weight excluding hydrogens is 931 g/mol. The molecule has 0 spiro atoms. The minimum Gasteiger partial charge on any atom is -0.389 e. The van der Waals surface area contributed by atoms with Crippen LogP contribution in [0.4, 0.5) is 5.82 Å². The third kappa shape index (κ3) is 19.2. The Morgan fingerprint density at radius 3 is 2.30 bits per heavy atom. The molecule has 8 atom stereocenters. The number of nitrogens with two attached hydrogens (primary N) is 1. The molecule has 3 heterocycles. The van der Waals surface area contributed by atoms with Crippen molar-refractivity contribution >= 4 is 69.1 Å². The summed E-state index contributed by atoms with van der Waals surface area (Å²) in [4.78, 5) is 88.1. The van der Waals surface area contributed by atoms with Gasteiger partial charge in [0.05, 0.1) is 25.6 Å². The first-order valence-electron chi connectivity index (χ1n) is 20.4. The van der Waals surface area contributed by atoms with Gasteiger partial charge < -0.3 is 56.0 Å². The van der Waals surface area contributed by atoms with Crippen LogP contribution in [0.1, 0.15) is 91.2 Å². The maximum atomic E-state index is 12.7. The number of hydrogen-bond donors (Lipinski definition) is 10. The lowest BCUT2D eigenvalue weighted by molar-refractivity contribution is -0.137. The van der Waals surface area contributed by atoms with Gasteiger partial charge in [0.1, 0.15) is 36.3 Å². The molecule has 0 aromatic carbocycles. The molecule has 11 N–H and O–H groups in total. The van der Waals surface area contributed by atoms with Crippen molar-refractivity contribution in [2.75, 3.05) is 37.8 Å². The van der Waals surface area contributed by atoms with E-state index < -0.39 is 90.7 Å². The number of aromatic nitrogens is 4. The lowest BCUT2D eigenvalue weighted by Gasteiger charge is -2.30. The zero-order valence-electron chi connectivity index (χ0n) is 35.6. The van der Waals surface area contributed by atoms with Crippen molar-refractivity contribution in [1.82, 2.24) is 30.2 Å². The predicted molar refractivity (Wildman–Crippen MR) is 229 cm³/mol. The second-order valence-electron chi connectivity index (χ2n) is 15.4. The summed E-state index contributed by atoms with van der Waals surface area (Å²) >= 11 is 0.956. The van der Waals surface area contributed by atoms with Gasteiger partial charge in [0, 0.05) is 30.7 Å². The van der Waals surface area contributed by atoms with Crippen LogP contribution in [0.25, 0.3) is 11.2 Å². The third-order valence-corrected chi connectivity index (χ3v) is 13.5. The Kier molecular flexibility index (Phi) is 22.6. The Morgan fingerprint density at radius 2 is 1.62 bits per heavy atom. The highest BCUT2D eigenvalue weighted by atomic mass is 32.2. The van der Waals surface area contributed by atoms with E-state index in [1.54, 1.807) is 0 Å². The molecular formula is C35H60N7O18P3S. The monoisotopic (exact) mass is 991 g/mol. The number of anilines is 1. The first kappa shape index (κ1) is 55.6. The summed E-state index contributed by atoms with van der Waals surface area (Å²) in [6.07, 6.45) is 4.80. The molecule has 29 heteroatoms. The van der Waals surface area contributed by atoms with Gasteiger partial charge in [-0.05, 0) is 12.5 Å². The van der Waals surface area contributed by atoms with E-state index in [2.05, 4.69) is 41.3 Å². The Bertz CT molecular complexity index is 2010. The van der Waals surface area contributed by atoms with Gasteiger partial charge in [-0.15, -0.1) is 0 Å². The number of phosphoric acid groups is 3. The van der Waals surface area contributed by atoms with Crippen LogP contribution in [0.5, 0.6) is 0 Å². The van der Waals surface area contributed by atoms with Crippen LogP contribution in [0.2, 0.25) is 0 Å². The van der Waals surface area contributed by atoms with E-state index in [4.69, 9.17) is 19.5 Å². The normalized spacial score (nSPS) is 21.1. The van der Waals surface area contributed by atoms with Crippen molar-refractivity contribution in [1.29, 1.82) is 0 Å². The molecule has 1 fully saturated rings. The van der Waals surface area contributed by atoms with Gasteiger partial charge in [-0.3, -0.25) is 32.5 Å². The fourth-order valence-electron chi connectivity index (χ4n) is 6.10. The number of aliphatic hydroxyl groups is 3. The van der Waals surface area contributed by atoms with Crippen LogP contribution in [0.15, 0.2) is 24.8 Å². The van der Waals surface area contributed by atoms with Crippen LogP contribution in [-0.4, -0.2) is 134 Å². The molecule has 1 aliphatic rings. The van der Waals surface area contributed by atoms with E-state index >= 15 is 0 Å². The van der Waals surface area contributed by atoms with Crippen molar-refractivity contribution in [2.24, 2.45) is 5.41 Å². The Hall–Kier alpha value is -2.74. The molecule has 1 saturated heterocycles. The van der Waals surface area contributed by atoms with Gasteiger partial charge in [0.15, 0.2) is 17.7 Å². The van der Waals surface area contributed by atoms with E-state index in [-0.39, 0.29) is 47.4 Å². The first-order valence-corrected chi connectivity index (χ1v) is 25.9. The molecule has 2 aromatic rings. The van der Waals surface area contributed by atoms with Crippen molar-refractivity contribution in [3.05, 3.63) is 24.8 Å². The summed E-state index contributed by atoms with van der Waals surface area (Å²) in [6, 6.07) is 0. The highest BCUT2D eigenvalue weighted by Gasteiger charge is 2.50. The minimum absolute atomic E-state index is 0.0267. The van der Waals surface area contributed by atoms with Crippen molar-refractivity contribution in [2.45, 2.75) is 122 Å². The number of carbonyl (C=O) groups excluding carboxylic acids is 3. The third-order valence-electron chi connectivity index (χ3n) is 9.55. The molecule has 0 aliphatic carbocycles. The smallest absolute Gasteiger partial charge is 0.389 e. The van der Waals surface area contributed by atoms with Gasteiger partial charge in [-0.1, -0.05) is 90.0 Å². The second-order valence-corrected chi connectivity index (χ2v) is 20.8. The number of imidazole rings is 1. The zero-order chi connectivity index (χ0) is 47.7. The summed E-state index contributed by atoms with van der Waals surface area (Å²) in [5.74, 6) is -1.25. The molecule has 25 nitrogen and oxygen atoms in total. The summed E-state index contributed by atoms with van der Waals surface area (Å²) in [7, 11) is -16.4. The van der Waals surface area contributed by atoms with Crippen molar-refractivity contribution in [3.63, 3.8) is 0 Å². The van der Waals surface area contributed by atoms with Crippen molar-refractivity contribution in [3.8, 4) is 0 Å². The molecule has 0 radical (unpaired) electrons. The Labute approximate surface area is 373 Å². The second kappa shape index (κ2) is 26.0. The number of nitrogens with zero attached hydrogens (tertiary/aromatic N) is 4. The van der Waals surface area contributed by atoms with Crippen LogP contribution < -0.4 is 16.4 Å². The number of nitrogen functional groups attached to an aromatic ring is 1. The maximum Gasteiger partial charge on any atom is 0.481 e. The maximum absolute atomic E-state index is 12.7. The van der Waals surface area contributed by atoms with Crippen LogP contribution in [-0.2, 0) is 50.7 Å². The minimum atomic E-state index is -5.59. The quantitative estimate of drug-likeness (QED) is 0.0304. The molecule has 364 valence electrons. The average molecular weight is 992 g/mol. The fraction of sp³-hybridized carbons (Fsp3) is 0.714. The molecule has 64 heavy (non-hydrogen) atoms. The lowest BCUT2D eigenvalue weighted by atomic mass is 9.87. The molecule has 8 unspecified atom stereocenters. The highest BCUT2D eigenvalue weighted by molar-refractivity contribution is 8.14. The predicted octanol–water partition coefficient (Wildman–Crippen LogP) is 2.11. The summed E-state index contributed by atoms with van der Waals surface area (Å²) < 4.78 is 62.3. The number of phosphoric ester groups is 3. The van der Waals surface area contributed by atoms with Gasteiger partial charge >= 0.3 is 23.5 Å². The van der Waals surface area contributed by atoms with E-state index in [1.165, 1.54) is 58.1 Å². The SMILES string of the molecule is CCCCCCCCCCC(O)/C=C/C(=O)SCCNC(=O)CCNC(=O)C(O)C(C)(C)COP(=O)(O)OP(=O)(O)OCC1OC(n2cnc3c(N)ncnc32)C(O)C1OP(=O)(O)O. The standard InChI is InChI=1S/C35H60N7O18P3S/c1-4-5-6-7-8-9-10-11-12-23(43)13-14-26(45)64-18-17-37-25(44)15-16-38-33(48)30(47)35(2,3)20-57-63(54,55)60-62(52,53)56-19-24-29(59-61(49,50)51)28(46)34(58-24)42-22-41-27-31(36)39-21-40-32(27)42/h13-14,21-24,28-30,34,43,46-47H,4-12,15-20H2,1-3H3,(H,37,44)(H,38,48)(H,52,53)(H,54,55)(H2,36,39,40)(H2,49,50,51)/b14-13+. The summed E-state index contributed by atoms with van der Waals surface area (Å²) in [6.45, 7) is 2.55. The fourth-order valence-corrected chi connectivity index (χ4v) is 9.51. The first-order chi connectivity index (χ1) is 29.9. The number of carbonyl (C=O) groups is 3. The van der Waals surface area contributed by atoms with E-state index in [9.17, 15) is 63.0 Å². The number of ether oxygens (including phenoxy) is 1. The zero-order valence-corrected chi connectivity index (χ0v) is 39.1. The lowest BCUT2D eigenvalue weighted by Crippen LogP contribution is -2.46. The Balaban J connectivity index is 1.37. The Morgan fingerprint density at radius 1 is 0.969 bits per heavy atom. The van der Waals surface area contributed by atoms with Crippen LogP contribution in [0.3, 0.4) is 0 Å². The van der Waals surface area contributed by atoms with Gasteiger partial charge in [0.2, 0.25) is 16.9 Å². The van der Waals surface area contributed by atoms with Gasteiger partial charge in [-0.25, -0.2) is 28.6 Å². The molecule has 0 bridgehead atoms. The van der Waals surface area contributed by atoms with E-state index in [0.29, 0.717) is 6.42 Å². The number of nitrogens with one attached hydrogen (secondary N) is 2. The van der Waals surface area contributed by atoms with Crippen molar-refractivity contribution < 1.29 is 85.6 Å². The van der Waals surface area contributed by atoms with Crippen LogP contribution >= 0.6 is 35.2 Å². The average Bonchev–Trinajstić information content (AvgIpc) is 3.77. The summed E-state index contributed by atoms with van der Waals surface area (Å²) in [5.41, 5.74) is 4.25.